The third kappa shape index (κ3) is 4.63. The molecule has 0 atom stereocenters. The maximum absolute atomic E-state index is 12.3. The van der Waals surface area contributed by atoms with Crippen LogP contribution in [0.1, 0.15) is 33.6 Å². The second-order valence-electron chi connectivity index (χ2n) is 5.90. The SMILES string of the molecule is COC(=O)c1cccc(NC(=O)CCC(=O)c2ccc3c(c2)OCCO3)c1. The lowest BCUT2D eigenvalue weighted by Gasteiger charge is -2.18. The van der Waals surface area contributed by atoms with Crippen LogP contribution in [0.3, 0.4) is 0 Å². The highest BCUT2D eigenvalue weighted by Gasteiger charge is 2.16. The van der Waals surface area contributed by atoms with Gasteiger partial charge in [0.1, 0.15) is 13.2 Å². The number of carbonyl (C=O) groups excluding carboxylic acids is 3. The van der Waals surface area contributed by atoms with Crippen molar-refractivity contribution in [3.8, 4) is 11.5 Å². The number of esters is 1. The lowest BCUT2D eigenvalue weighted by atomic mass is 10.1. The van der Waals surface area contributed by atoms with Crippen molar-refractivity contribution in [1.82, 2.24) is 0 Å². The van der Waals surface area contributed by atoms with Gasteiger partial charge >= 0.3 is 5.97 Å². The summed E-state index contributed by atoms with van der Waals surface area (Å²) >= 11 is 0. The number of anilines is 1. The van der Waals surface area contributed by atoms with Gasteiger partial charge in [-0.2, -0.15) is 0 Å². The Hall–Kier alpha value is -3.35. The molecule has 3 rings (SSSR count). The summed E-state index contributed by atoms with van der Waals surface area (Å²) in [5.41, 5.74) is 1.28. The fourth-order valence-electron chi connectivity index (χ4n) is 2.65. The number of rotatable bonds is 6. The molecule has 140 valence electrons. The van der Waals surface area contributed by atoms with E-state index >= 15 is 0 Å². The highest BCUT2D eigenvalue weighted by molar-refractivity contribution is 6.00. The fourth-order valence-corrected chi connectivity index (χ4v) is 2.65. The molecule has 0 saturated carbocycles. The lowest BCUT2D eigenvalue weighted by Crippen LogP contribution is -2.16. The molecule has 2 aromatic rings. The van der Waals surface area contributed by atoms with Gasteiger partial charge in [0.05, 0.1) is 12.7 Å². The van der Waals surface area contributed by atoms with Crippen LogP contribution in [0.15, 0.2) is 42.5 Å². The number of hydrogen-bond acceptors (Lipinski definition) is 6. The maximum Gasteiger partial charge on any atom is 0.337 e. The van der Waals surface area contributed by atoms with E-state index in [1.54, 1.807) is 36.4 Å². The van der Waals surface area contributed by atoms with Crippen LogP contribution in [-0.4, -0.2) is 38.0 Å². The van der Waals surface area contributed by atoms with Crippen molar-refractivity contribution in [2.45, 2.75) is 12.8 Å². The number of nitrogens with one attached hydrogen (secondary N) is 1. The summed E-state index contributed by atoms with van der Waals surface area (Å²) in [7, 11) is 1.29. The Morgan fingerprint density at radius 2 is 1.74 bits per heavy atom. The van der Waals surface area contributed by atoms with E-state index in [0.29, 0.717) is 41.5 Å². The summed E-state index contributed by atoms with van der Waals surface area (Å²) in [6.07, 6.45) is 0.0812. The molecule has 0 fully saturated rings. The Morgan fingerprint density at radius 1 is 0.963 bits per heavy atom. The van der Waals surface area contributed by atoms with Crippen LogP contribution in [0.2, 0.25) is 0 Å². The molecular formula is C20H19NO6. The van der Waals surface area contributed by atoms with Crippen LogP contribution in [0.5, 0.6) is 11.5 Å². The second kappa shape index (κ2) is 8.35. The highest BCUT2D eigenvalue weighted by atomic mass is 16.6. The lowest BCUT2D eigenvalue weighted by molar-refractivity contribution is -0.116. The molecule has 7 nitrogen and oxygen atoms in total. The standard InChI is InChI=1S/C20H19NO6/c1-25-20(24)14-3-2-4-15(11-14)21-19(23)8-6-16(22)13-5-7-17-18(12-13)27-10-9-26-17/h2-5,7,11-12H,6,8-10H2,1H3,(H,21,23). The van der Waals surface area contributed by atoms with Crippen LogP contribution >= 0.6 is 0 Å². The Kier molecular flexibility index (Phi) is 5.71. The molecule has 2 aromatic carbocycles. The molecule has 0 aliphatic carbocycles. The number of methoxy groups -OCH3 is 1. The van der Waals surface area contributed by atoms with Gasteiger partial charge in [-0.05, 0) is 36.4 Å². The first-order valence-corrected chi connectivity index (χ1v) is 8.48. The molecule has 1 aliphatic rings. The Labute approximate surface area is 156 Å². The fraction of sp³-hybridized carbons (Fsp3) is 0.250. The quantitative estimate of drug-likeness (QED) is 0.622. The topological polar surface area (TPSA) is 90.9 Å². The molecule has 7 heteroatoms. The smallest absolute Gasteiger partial charge is 0.337 e. The summed E-state index contributed by atoms with van der Waals surface area (Å²) in [5, 5.41) is 2.67. The largest absolute Gasteiger partial charge is 0.486 e. The van der Waals surface area contributed by atoms with E-state index in [0.717, 1.165) is 0 Å². The molecule has 0 bridgehead atoms. The first kappa shape index (κ1) is 18.4. The first-order valence-electron chi connectivity index (χ1n) is 8.48. The van der Waals surface area contributed by atoms with Gasteiger partial charge < -0.3 is 19.5 Å². The number of ketones is 1. The second-order valence-corrected chi connectivity index (χ2v) is 5.90. The number of carbonyl (C=O) groups is 3. The summed E-state index contributed by atoms with van der Waals surface area (Å²) in [5.74, 6) is 0.186. The minimum Gasteiger partial charge on any atom is -0.486 e. The zero-order chi connectivity index (χ0) is 19.2. The van der Waals surface area contributed by atoms with E-state index in [1.807, 2.05) is 0 Å². The van der Waals surface area contributed by atoms with Crippen molar-refractivity contribution < 1.29 is 28.6 Å². The van der Waals surface area contributed by atoms with Crippen molar-refractivity contribution in [1.29, 1.82) is 0 Å². The molecular weight excluding hydrogens is 350 g/mol. The average Bonchev–Trinajstić information content (AvgIpc) is 2.71. The summed E-state index contributed by atoms with van der Waals surface area (Å²) in [6, 6.07) is 11.4. The monoisotopic (exact) mass is 369 g/mol. The van der Waals surface area contributed by atoms with Crippen molar-refractivity contribution in [3.63, 3.8) is 0 Å². The van der Waals surface area contributed by atoms with E-state index in [-0.39, 0.29) is 24.5 Å². The van der Waals surface area contributed by atoms with Gasteiger partial charge in [0.15, 0.2) is 17.3 Å². The highest BCUT2D eigenvalue weighted by Crippen LogP contribution is 2.31. The number of Topliss-reactive ketones (excluding diaryl/α,β-unsaturated/α-hetero) is 1. The van der Waals surface area contributed by atoms with Crippen molar-refractivity contribution >= 4 is 23.3 Å². The van der Waals surface area contributed by atoms with E-state index in [4.69, 9.17) is 9.47 Å². The zero-order valence-electron chi connectivity index (χ0n) is 14.8. The van der Waals surface area contributed by atoms with Gasteiger partial charge in [-0.3, -0.25) is 9.59 Å². The van der Waals surface area contributed by atoms with Gasteiger partial charge in [0.25, 0.3) is 0 Å². The molecule has 1 N–H and O–H groups in total. The number of ether oxygens (including phenoxy) is 3. The van der Waals surface area contributed by atoms with Crippen LogP contribution in [0, 0.1) is 0 Å². The third-order valence-corrected chi connectivity index (χ3v) is 4.01. The Morgan fingerprint density at radius 3 is 2.52 bits per heavy atom. The van der Waals surface area contributed by atoms with Crippen LogP contribution in [0.4, 0.5) is 5.69 Å². The molecule has 0 unspecified atom stereocenters. The van der Waals surface area contributed by atoms with E-state index in [1.165, 1.54) is 13.2 Å². The first-order chi connectivity index (χ1) is 13.1. The van der Waals surface area contributed by atoms with Crippen molar-refractivity contribution in [2.24, 2.45) is 0 Å². The number of hydrogen-bond donors (Lipinski definition) is 1. The molecule has 1 aliphatic heterocycles. The molecule has 0 saturated heterocycles. The van der Waals surface area contributed by atoms with Gasteiger partial charge in [-0.15, -0.1) is 0 Å². The van der Waals surface area contributed by atoms with Gasteiger partial charge in [0, 0.05) is 24.1 Å². The molecule has 27 heavy (non-hydrogen) atoms. The summed E-state index contributed by atoms with van der Waals surface area (Å²) in [4.78, 5) is 36.0. The van der Waals surface area contributed by atoms with Gasteiger partial charge in [-0.1, -0.05) is 6.07 Å². The molecule has 0 aromatic heterocycles. The molecule has 0 spiro atoms. The van der Waals surface area contributed by atoms with Crippen LogP contribution in [0.25, 0.3) is 0 Å². The predicted molar refractivity (Wildman–Crippen MR) is 97.4 cm³/mol. The average molecular weight is 369 g/mol. The minimum atomic E-state index is -0.486. The Bertz CT molecular complexity index is 877. The third-order valence-electron chi connectivity index (χ3n) is 4.01. The minimum absolute atomic E-state index is 0.0235. The van der Waals surface area contributed by atoms with Crippen molar-refractivity contribution in [3.05, 3.63) is 53.6 Å². The number of benzene rings is 2. The summed E-state index contributed by atoms with van der Waals surface area (Å²) in [6.45, 7) is 0.926. The zero-order valence-corrected chi connectivity index (χ0v) is 14.8. The van der Waals surface area contributed by atoms with Gasteiger partial charge in [0.2, 0.25) is 5.91 Å². The molecule has 0 radical (unpaired) electrons. The summed E-state index contributed by atoms with van der Waals surface area (Å²) < 4.78 is 15.5. The molecule has 1 amide bonds. The van der Waals surface area contributed by atoms with Gasteiger partial charge in [-0.25, -0.2) is 4.79 Å². The normalized spacial score (nSPS) is 12.2. The number of amides is 1. The Balaban J connectivity index is 1.56. The number of fused-ring (bicyclic) bond motifs is 1. The van der Waals surface area contributed by atoms with E-state index < -0.39 is 5.97 Å². The predicted octanol–water partition coefficient (Wildman–Crippen LogP) is 2.85. The van der Waals surface area contributed by atoms with E-state index in [2.05, 4.69) is 10.1 Å². The maximum atomic E-state index is 12.3. The molecule has 1 heterocycles. The van der Waals surface area contributed by atoms with Crippen molar-refractivity contribution in [2.75, 3.05) is 25.6 Å². The van der Waals surface area contributed by atoms with Crippen LogP contribution in [-0.2, 0) is 9.53 Å². The van der Waals surface area contributed by atoms with Crippen LogP contribution < -0.4 is 14.8 Å². The van der Waals surface area contributed by atoms with E-state index in [9.17, 15) is 14.4 Å².